The molecule has 1 saturated carbocycles. The fourth-order valence-corrected chi connectivity index (χ4v) is 2.89. The number of nitrogens with zero attached hydrogens (tertiary/aromatic N) is 1. The molecular weight excluding hydrogens is 244 g/mol. The summed E-state index contributed by atoms with van der Waals surface area (Å²) in [6.07, 6.45) is 4.85. The molecule has 1 aromatic rings. The van der Waals surface area contributed by atoms with Crippen LogP contribution in [0.15, 0.2) is 24.3 Å². The van der Waals surface area contributed by atoms with Gasteiger partial charge in [-0.25, -0.2) is 0 Å². The molecule has 0 bridgehead atoms. The number of hydrogen-bond acceptors (Lipinski definition) is 2. The van der Waals surface area contributed by atoms with Gasteiger partial charge in [0.2, 0.25) is 0 Å². The van der Waals surface area contributed by atoms with Crippen LogP contribution in [0.5, 0.6) is 0 Å². The number of halogens is 1. The molecule has 3 heteroatoms. The molecule has 1 N–H and O–H groups in total. The predicted octanol–water partition coefficient (Wildman–Crippen LogP) is 4.47. The zero-order chi connectivity index (χ0) is 13.0. The van der Waals surface area contributed by atoms with E-state index in [1.807, 2.05) is 24.3 Å². The Kier molecular flexibility index (Phi) is 4.49. The first kappa shape index (κ1) is 13.2. The summed E-state index contributed by atoms with van der Waals surface area (Å²) in [6, 6.07) is 9.88. The second-order valence-corrected chi connectivity index (χ2v) is 5.73. The fraction of sp³-hybridized carbons (Fsp3) is 0.533. The second-order valence-electron chi connectivity index (χ2n) is 5.29. The molecule has 0 heterocycles. The first-order valence-electron chi connectivity index (χ1n) is 6.60. The molecule has 0 aromatic heterocycles. The number of nitrogens with one attached hydrogen (secondary N) is 1. The lowest BCUT2D eigenvalue weighted by molar-refractivity contribution is 0.274. The van der Waals surface area contributed by atoms with Gasteiger partial charge >= 0.3 is 0 Å². The lowest BCUT2D eigenvalue weighted by Crippen LogP contribution is -2.31. The van der Waals surface area contributed by atoms with Crippen LogP contribution in [0.25, 0.3) is 0 Å². The Balaban J connectivity index is 2.01. The molecule has 1 fully saturated rings. The second kappa shape index (κ2) is 6.11. The number of hydrogen-bond donors (Lipinski definition) is 1. The van der Waals surface area contributed by atoms with Crippen molar-refractivity contribution >= 4 is 17.3 Å². The average molecular weight is 263 g/mol. The van der Waals surface area contributed by atoms with Crippen LogP contribution in [-0.2, 0) is 0 Å². The SMILES string of the molecule is CC1CCCC(C(C#N)Nc2ccc(Cl)cc2)C1. The van der Waals surface area contributed by atoms with Gasteiger partial charge in [-0.15, -0.1) is 0 Å². The normalized spacial score (nSPS) is 25.2. The number of anilines is 1. The molecule has 0 aliphatic heterocycles. The van der Waals surface area contributed by atoms with Gasteiger partial charge in [-0.2, -0.15) is 5.26 Å². The third-order valence-corrected chi connectivity index (χ3v) is 4.01. The highest BCUT2D eigenvalue weighted by atomic mass is 35.5. The number of benzene rings is 1. The van der Waals surface area contributed by atoms with Crippen molar-refractivity contribution in [2.24, 2.45) is 11.8 Å². The summed E-state index contributed by atoms with van der Waals surface area (Å²) < 4.78 is 0. The van der Waals surface area contributed by atoms with E-state index in [1.54, 1.807) is 0 Å². The Labute approximate surface area is 114 Å². The van der Waals surface area contributed by atoms with Crippen molar-refractivity contribution in [2.45, 2.75) is 38.6 Å². The summed E-state index contributed by atoms with van der Waals surface area (Å²) in [4.78, 5) is 0. The molecule has 1 aliphatic carbocycles. The van der Waals surface area contributed by atoms with Crippen LogP contribution in [0.4, 0.5) is 5.69 Å². The van der Waals surface area contributed by atoms with Gasteiger partial charge in [0.05, 0.1) is 6.07 Å². The zero-order valence-electron chi connectivity index (χ0n) is 10.7. The van der Waals surface area contributed by atoms with Crippen LogP contribution in [0.3, 0.4) is 0 Å². The first-order valence-corrected chi connectivity index (χ1v) is 6.98. The molecule has 18 heavy (non-hydrogen) atoms. The van der Waals surface area contributed by atoms with Crippen molar-refractivity contribution in [3.8, 4) is 6.07 Å². The van der Waals surface area contributed by atoms with Crippen LogP contribution in [0.1, 0.15) is 32.6 Å². The third kappa shape index (κ3) is 3.40. The van der Waals surface area contributed by atoms with Crippen molar-refractivity contribution in [3.63, 3.8) is 0 Å². The molecule has 0 radical (unpaired) electrons. The number of nitriles is 1. The molecule has 2 rings (SSSR count). The molecule has 0 amide bonds. The Morgan fingerprint density at radius 3 is 2.67 bits per heavy atom. The van der Waals surface area contributed by atoms with Gasteiger partial charge in [-0.3, -0.25) is 0 Å². The van der Waals surface area contributed by atoms with Crippen LogP contribution in [0, 0.1) is 23.2 Å². The minimum absolute atomic E-state index is 0.0890. The van der Waals surface area contributed by atoms with Crippen LogP contribution in [-0.4, -0.2) is 6.04 Å². The number of rotatable bonds is 3. The molecule has 1 aromatic carbocycles. The summed E-state index contributed by atoms with van der Waals surface area (Å²) in [6.45, 7) is 2.28. The minimum Gasteiger partial charge on any atom is -0.370 e. The Hall–Kier alpha value is -1.20. The maximum Gasteiger partial charge on any atom is 0.117 e. The van der Waals surface area contributed by atoms with E-state index in [4.69, 9.17) is 11.6 Å². The highest BCUT2D eigenvalue weighted by Crippen LogP contribution is 2.31. The molecule has 2 nitrogen and oxygen atoms in total. The van der Waals surface area contributed by atoms with E-state index in [-0.39, 0.29) is 6.04 Å². The highest BCUT2D eigenvalue weighted by molar-refractivity contribution is 6.30. The van der Waals surface area contributed by atoms with E-state index in [2.05, 4.69) is 18.3 Å². The van der Waals surface area contributed by atoms with E-state index >= 15 is 0 Å². The van der Waals surface area contributed by atoms with E-state index in [0.29, 0.717) is 5.92 Å². The summed E-state index contributed by atoms with van der Waals surface area (Å²) in [5.41, 5.74) is 0.976. The van der Waals surface area contributed by atoms with Crippen molar-refractivity contribution in [1.29, 1.82) is 5.26 Å². The van der Waals surface area contributed by atoms with Crippen molar-refractivity contribution in [1.82, 2.24) is 0 Å². The molecular formula is C15H19ClN2. The Morgan fingerprint density at radius 1 is 1.33 bits per heavy atom. The third-order valence-electron chi connectivity index (χ3n) is 3.75. The smallest absolute Gasteiger partial charge is 0.117 e. The lowest BCUT2D eigenvalue weighted by atomic mass is 9.79. The van der Waals surface area contributed by atoms with Gasteiger partial charge in [0.25, 0.3) is 0 Å². The molecule has 0 saturated heterocycles. The quantitative estimate of drug-likeness (QED) is 0.872. The monoisotopic (exact) mass is 262 g/mol. The summed E-state index contributed by atoms with van der Waals surface area (Å²) in [5.74, 6) is 1.21. The van der Waals surface area contributed by atoms with Crippen molar-refractivity contribution < 1.29 is 0 Å². The van der Waals surface area contributed by atoms with Crippen LogP contribution in [0.2, 0.25) is 5.02 Å². The van der Waals surface area contributed by atoms with Crippen molar-refractivity contribution in [2.75, 3.05) is 5.32 Å². The van der Waals surface area contributed by atoms with Gasteiger partial charge in [0.1, 0.15) is 6.04 Å². The Morgan fingerprint density at radius 2 is 2.06 bits per heavy atom. The Bertz CT molecular complexity index is 421. The van der Waals surface area contributed by atoms with E-state index in [0.717, 1.165) is 29.5 Å². The summed E-state index contributed by atoms with van der Waals surface area (Å²) in [7, 11) is 0. The topological polar surface area (TPSA) is 35.8 Å². The fourth-order valence-electron chi connectivity index (χ4n) is 2.76. The van der Waals surface area contributed by atoms with E-state index < -0.39 is 0 Å². The average Bonchev–Trinajstić information content (AvgIpc) is 2.38. The van der Waals surface area contributed by atoms with Crippen molar-refractivity contribution in [3.05, 3.63) is 29.3 Å². The standard InChI is InChI=1S/C15H19ClN2/c1-11-3-2-4-12(9-11)15(10-17)18-14-7-5-13(16)6-8-14/h5-8,11-12,15,18H,2-4,9H2,1H3. The van der Waals surface area contributed by atoms with Gasteiger partial charge in [0.15, 0.2) is 0 Å². The molecule has 0 spiro atoms. The van der Waals surface area contributed by atoms with E-state index in [1.165, 1.54) is 12.8 Å². The molecule has 1 aliphatic rings. The maximum absolute atomic E-state index is 9.34. The lowest BCUT2D eigenvalue weighted by Gasteiger charge is -2.30. The summed E-state index contributed by atoms with van der Waals surface area (Å²) in [5, 5.41) is 13.4. The summed E-state index contributed by atoms with van der Waals surface area (Å²) >= 11 is 5.86. The minimum atomic E-state index is -0.0890. The van der Waals surface area contributed by atoms with Gasteiger partial charge in [-0.05, 0) is 48.9 Å². The molecule has 3 unspecified atom stereocenters. The highest BCUT2D eigenvalue weighted by Gasteiger charge is 2.26. The molecule has 3 atom stereocenters. The maximum atomic E-state index is 9.34. The van der Waals surface area contributed by atoms with Gasteiger partial charge in [-0.1, -0.05) is 31.4 Å². The predicted molar refractivity (Wildman–Crippen MR) is 75.6 cm³/mol. The first-order chi connectivity index (χ1) is 8.69. The zero-order valence-corrected chi connectivity index (χ0v) is 11.5. The van der Waals surface area contributed by atoms with Crippen LogP contribution >= 0.6 is 11.6 Å². The largest absolute Gasteiger partial charge is 0.370 e. The van der Waals surface area contributed by atoms with Gasteiger partial charge < -0.3 is 5.32 Å². The van der Waals surface area contributed by atoms with Crippen LogP contribution < -0.4 is 5.32 Å². The molecule has 96 valence electrons. The van der Waals surface area contributed by atoms with E-state index in [9.17, 15) is 5.26 Å². The van der Waals surface area contributed by atoms with Gasteiger partial charge in [0, 0.05) is 10.7 Å².